The smallest absolute Gasteiger partial charge is 0.227 e. The van der Waals surface area contributed by atoms with Crippen molar-refractivity contribution in [2.45, 2.75) is 13.2 Å². The van der Waals surface area contributed by atoms with Crippen molar-refractivity contribution >= 4 is 44.7 Å². The number of rotatable bonds is 8. The molecule has 0 saturated heterocycles. The molecule has 0 radical (unpaired) electrons. The molecule has 0 aliphatic heterocycles. The normalized spacial score (nSPS) is 11.6. The lowest BCUT2D eigenvalue weighted by atomic mass is 9.12. The van der Waals surface area contributed by atoms with Gasteiger partial charge in [-0.15, -0.1) is 21.9 Å². The van der Waals surface area contributed by atoms with E-state index in [1.165, 1.54) is 0 Å². The Labute approximate surface area is 353 Å². The molecule has 2 nitrogen and oxygen atoms in total. The van der Waals surface area contributed by atoms with Gasteiger partial charge in [-0.25, -0.2) is 92.2 Å². The fraction of sp³-hybridized carbons (Fsp3) is 0.0476. The Morgan fingerprint density at radius 2 is 0.652 bits per heavy atom. The summed E-state index contributed by atoms with van der Waals surface area (Å²) in [4.78, 5) is 12.4. The SMILES string of the molecule is Fc1c(F)c(F)c([B-](c2c(F)c(F)c(F)c(F)c2F)(c2c(F)c(F)c(F)c(F)c2F)c2c(F)c(F)c(F)c(F)c2F)c(F)c1F.O=C(C[n+]1c(CF)ccc2ccccc21)c1ccccc1. The van der Waals surface area contributed by atoms with E-state index in [0.29, 0.717) is 11.3 Å². The van der Waals surface area contributed by atoms with Gasteiger partial charge in [0.05, 0.1) is 0 Å². The molecule has 0 spiro atoms. The van der Waals surface area contributed by atoms with Crippen LogP contribution in [0.2, 0.25) is 0 Å². The molecule has 1 aromatic heterocycles. The summed E-state index contributed by atoms with van der Waals surface area (Å²) in [6.45, 7) is -0.447. The van der Waals surface area contributed by atoms with Crippen LogP contribution in [0, 0.1) is 116 Å². The van der Waals surface area contributed by atoms with Gasteiger partial charge in [-0.1, -0.05) is 42.5 Å². The van der Waals surface area contributed by atoms with Gasteiger partial charge in [-0.2, -0.15) is 4.57 Å². The highest BCUT2D eigenvalue weighted by molar-refractivity contribution is 7.20. The van der Waals surface area contributed by atoms with Gasteiger partial charge in [0.25, 0.3) is 0 Å². The van der Waals surface area contributed by atoms with Crippen LogP contribution in [0.4, 0.5) is 92.2 Å². The molecule has 24 heteroatoms. The zero-order valence-electron chi connectivity index (χ0n) is 31.6. The van der Waals surface area contributed by atoms with Crippen LogP contribution in [0.3, 0.4) is 0 Å². The average Bonchev–Trinajstić information content (AvgIpc) is 3.31. The minimum Gasteiger partial charge on any atom is -0.287 e. The van der Waals surface area contributed by atoms with Gasteiger partial charge in [0.1, 0.15) is 52.7 Å². The van der Waals surface area contributed by atoms with Crippen molar-refractivity contribution in [3.05, 3.63) is 194 Å². The lowest BCUT2D eigenvalue weighted by molar-refractivity contribution is -0.666. The van der Waals surface area contributed by atoms with E-state index in [1.807, 2.05) is 48.5 Å². The molecule has 0 aliphatic rings. The van der Waals surface area contributed by atoms with Gasteiger partial charge < -0.3 is 0 Å². The molecule has 344 valence electrons. The number of fused-ring (bicyclic) bond motifs is 1. The Bertz CT molecular complexity index is 2750. The Hall–Kier alpha value is -7.01. The van der Waals surface area contributed by atoms with Gasteiger partial charge >= 0.3 is 0 Å². The number of alkyl halides is 1. The summed E-state index contributed by atoms with van der Waals surface area (Å²) >= 11 is 0. The van der Waals surface area contributed by atoms with Gasteiger partial charge in [-0.3, -0.25) is 4.79 Å². The lowest BCUT2D eigenvalue weighted by Gasteiger charge is -2.44. The molecule has 6 aromatic carbocycles. The number of benzene rings is 6. The predicted octanol–water partition coefficient (Wildman–Crippen LogP) is 9.33. The topological polar surface area (TPSA) is 20.9 Å². The van der Waals surface area contributed by atoms with Crippen LogP contribution in [0.5, 0.6) is 0 Å². The van der Waals surface area contributed by atoms with E-state index >= 15 is 35.1 Å². The minimum absolute atomic E-state index is 0.0216. The second-order valence-corrected chi connectivity index (χ2v) is 13.7. The fourth-order valence-corrected chi connectivity index (χ4v) is 7.34. The molecule has 0 unspecified atom stereocenters. The van der Waals surface area contributed by atoms with E-state index in [1.54, 1.807) is 22.8 Å². The standard InChI is InChI=1S/C24BF20.C18H15FNO/c26-5-1(6(27)14(35)21(42)13(5)34)25(2-7(28)15(36)22(43)16(37)8(2)29,3-9(30)17(38)23(44)18(39)10(3)31)4-11(32)19(40)24(45)20(41)12(4)33;19-12-16-11-10-14-6-4-5-9-17(14)20(16)13-18(21)15-7-2-1-3-8-15/h;1-11H,12-13H2/q-1;+1. The number of nitrogens with zero attached hydrogens (tertiary/aromatic N) is 1. The number of Topliss-reactive ketones (excluding diaryl/α,β-unsaturated/α-hetero) is 1. The van der Waals surface area contributed by atoms with E-state index in [-0.39, 0.29) is 12.3 Å². The first-order valence-electron chi connectivity index (χ1n) is 17.8. The molecule has 0 fully saturated rings. The van der Waals surface area contributed by atoms with Gasteiger partial charge in [0.15, 0.2) is 76.5 Å². The number of para-hydroxylation sites is 1. The Morgan fingerprint density at radius 3 is 0.970 bits per heavy atom. The van der Waals surface area contributed by atoms with Crippen LogP contribution in [0.15, 0.2) is 66.7 Å². The van der Waals surface area contributed by atoms with Crippen LogP contribution < -0.4 is 26.4 Å². The third-order valence-electron chi connectivity index (χ3n) is 10.3. The number of hydrogen-bond acceptors (Lipinski definition) is 1. The van der Waals surface area contributed by atoms with Crippen molar-refractivity contribution < 1.29 is 102 Å². The van der Waals surface area contributed by atoms with Crippen molar-refractivity contribution in [1.82, 2.24) is 0 Å². The second-order valence-electron chi connectivity index (χ2n) is 13.7. The average molecular weight is 959 g/mol. The monoisotopic (exact) mass is 959 g/mol. The van der Waals surface area contributed by atoms with Crippen LogP contribution in [0.25, 0.3) is 10.9 Å². The maximum Gasteiger partial charge on any atom is 0.227 e. The first-order valence-corrected chi connectivity index (χ1v) is 17.8. The summed E-state index contributed by atoms with van der Waals surface area (Å²) in [7, 11) is 0. The molecule has 7 aromatic rings. The maximum absolute atomic E-state index is 15.4. The molecule has 0 bridgehead atoms. The molecule has 66 heavy (non-hydrogen) atoms. The highest BCUT2D eigenvalue weighted by atomic mass is 19.2. The molecule has 0 amide bonds. The van der Waals surface area contributed by atoms with Gasteiger partial charge in [0.2, 0.25) is 23.5 Å². The number of carbonyl (C=O) groups excluding carboxylic acids is 1. The molecule has 1 heterocycles. The first-order chi connectivity index (χ1) is 31.0. The summed E-state index contributed by atoms with van der Waals surface area (Å²) in [5.41, 5.74) is -12.3. The minimum atomic E-state index is -7.22. The van der Waals surface area contributed by atoms with E-state index in [0.717, 1.165) is 10.9 Å². The zero-order valence-corrected chi connectivity index (χ0v) is 31.6. The number of aromatic nitrogens is 1. The fourth-order valence-electron chi connectivity index (χ4n) is 7.34. The third-order valence-corrected chi connectivity index (χ3v) is 10.3. The highest BCUT2D eigenvalue weighted by Gasteiger charge is 2.52. The van der Waals surface area contributed by atoms with Crippen molar-refractivity contribution in [1.29, 1.82) is 0 Å². The molecule has 0 N–H and O–H groups in total. The quantitative estimate of drug-likeness (QED) is 0.0372. The summed E-state index contributed by atoms with van der Waals surface area (Å²) in [5.74, 6) is -71.4. The number of carbonyl (C=O) groups is 1. The molecular formula is C42H15BF21NO. The summed E-state index contributed by atoms with van der Waals surface area (Å²) in [6.07, 6.45) is -7.22. The van der Waals surface area contributed by atoms with E-state index < -0.39 is 151 Å². The Kier molecular flexibility index (Phi) is 13.3. The molecule has 0 saturated carbocycles. The van der Waals surface area contributed by atoms with E-state index in [4.69, 9.17) is 0 Å². The molecular weight excluding hydrogens is 944 g/mol. The number of ketones is 1. The summed E-state index contributed by atoms with van der Waals surface area (Å²) in [5, 5.41) is 0.996. The predicted molar refractivity (Wildman–Crippen MR) is 189 cm³/mol. The number of pyridine rings is 1. The van der Waals surface area contributed by atoms with E-state index in [2.05, 4.69) is 0 Å². The molecule has 0 atom stereocenters. The van der Waals surface area contributed by atoms with Crippen LogP contribution >= 0.6 is 0 Å². The van der Waals surface area contributed by atoms with Gasteiger partial charge in [0, 0.05) is 23.1 Å². The van der Waals surface area contributed by atoms with E-state index in [9.17, 15) is 61.9 Å². The molecule has 7 rings (SSSR count). The van der Waals surface area contributed by atoms with Crippen LogP contribution in [-0.4, -0.2) is 11.9 Å². The Balaban J connectivity index is 0.000000284. The van der Waals surface area contributed by atoms with Crippen molar-refractivity contribution in [2.75, 3.05) is 0 Å². The zero-order chi connectivity index (χ0) is 49.0. The largest absolute Gasteiger partial charge is 0.287 e. The summed E-state index contributed by atoms with van der Waals surface area (Å²) < 4.78 is 309. The van der Waals surface area contributed by atoms with Crippen molar-refractivity contribution in [3.8, 4) is 0 Å². The van der Waals surface area contributed by atoms with Crippen LogP contribution in [0.1, 0.15) is 16.1 Å². The second kappa shape index (κ2) is 18.1. The lowest BCUT2D eigenvalue weighted by Crippen LogP contribution is -2.81. The van der Waals surface area contributed by atoms with Crippen molar-refractivity contribution in [2.24, 2.45) is 0 Å². The summed E-state index contributed by atoms with van der Waals surface area (Å²) in [6, 6.07) is 20.4. The Morgan fingerprint density at radius 1 is 0.364 bits per heavy atom. The third kappa shape index (κ3) is 7.44. The molecule has 0 aliphatic carbocycles. The first kappa shape index (κ1) is 48.5. The number of halogens is 21. The highest BCUT2D eigenvalue weighted by Crippen LogP contribution is 2.31. The van der Waals surface area contributed by atoms with Crippen molar-refractivity contribution in [3.63, 3.8) is 0 Å². The van der Waals surface area contributed by atoms with Gasteiger partial charge in [-0.05, 0) is 12.1 Å². The number of hydrogen-bond donors (Lipinski definition) is 0. The maximum atomic E-state index is 15.4. The van der Waals surface area contributed by atoms with Crippen LogP contribution in [-0.2, 0) is 13.2 Å².